The molecule has 0 aliphatic rings. The summed E-state index contributed by atoms with van der Waals surface area (Å²) in [6.45, 7) is 0. The third kappa shape index (κ3) is 3.50. The molecule has 7 aromatic carbocycles. The Bertz CT molecular complexity index is 2710. The Hall–Kier alpha value is -5.64. The van der Waals surface area contributed by atoms with Crippen molar-refractivity contribution in [1.29, 1.82) is 0 Å². The van der Waals surface area contributed by atoms with E-state index in [1.54, 1.807) is 0 Å². The average Bonchev–Trinajstić information content (AvgIpc) is 3.76. The minimum atomic E-state index is 1.17. The third-order valence-electron chi connectivity index (χ3n) is 9.32. The minimum Gasteiger partial charge on any atom is -0.309 e. The van der Waals surface area contributed by atoms with Crippen molar-refractivity contribution >= 4 is 75.1 Å². The van der Waals surface area contributed by atoms with Crippen molar-refractivity contribution in [1.82, 2.24) is 9.13 Å². The van der Waals surface area contributed by atoms with Crippen molar-refractivity contribution in [2.75, 3.05) is 0 Å². The summed E-state index contributed by atoms with van der Waals surface area (Å²) < 4.78 is 7.54. The lowest BCUT2D eigenvalue weighted by molar-refractivity contribution is 1.16. The highest BCUT2D eigenvalue weighted by Crippen LogP contribution is 2.44. The topological polar surface area (TPSA) is 9.86 Å². The van der Waals surface area contributed by atoms with Gasteiger partial charge in [-0.2, -0.15) is 0 Å². The molecule has 0 saturated carbocycles. The van der Waals surface area contributed by atoms with Gasteiger partial charge >= 0.3 is 0 Å². The molecular formula is C42H26N2S. The lowest BCUT2D eigenvalue weighted by Gasteiger charge is -2.12. The van der Waals surface area contributed by atoms with Crippen LogP contribution in [0, 0.1) is 0 Å². The first-order valence-electron chi connectivity index (χ1n) is 15.4. The van der Waals surface area contributed by atoms with E-state index in [4.69, 9.17) is 0 Å². The zero-order chi connectivity index (χ0) is 29.5. The van der Waals surface area contributed by atoms with Crippen LogP contribution in [0.3, 0.4) is 0 Å². The first-order chi connectivity index (χ1) is 22.3. The summed E-state index contributed by atoms with van der Waals surface area (Å²) >= 11 is 1.90. The van der Waals surface area contributed by atoms with Crippen LogP contribution in [0.1, 0.15) is 0 Å². The number of rotatable bonds is 3. The summed E-state index contributed by atoms with van der Waals surface area (Å²) in [7, 11) is 0. The Morgan fingerprint density at radius 2 is 0.889 bits per heavy atom. The second kappa shape index (κ2) is 9.43. The van der Waals surface area contributed by atoms with Crippen molar-refractivity contribution in [2.24, 2.45) is 0 Å². The van der Waals surface area contributed by atoms with Gasteiger partial charge in [0.15, 0.2) is 0 Å². The summed E-state index contributed by atoms with van der Waals surface area (Å²) in [5, 5.41) is 7.69. The van der Waals surface area contributed by atoms with Crippen molar-refractivity contribution in [3.63, 3.8) is 0 Å². The molecule has 10 rings (SSSR count). The number of nitrogens with zero attached hydrogens (tertiary/aromatic N) is 2. The lowest BCUT2D eigenvalue weighted by Crippen LogP contribution is -1.97. The van der Waals surface area contributed by atoms with Crippen molar-refractivity contribution in [3.8, 4) is 22.5 Å². The number of para-hydroxylation sites is 3. The fraction of sp³-hybridized carbons (Fsp3) is 0. The predicted molar refractivity (Wildman–Crippen MR) is 193 cm³/mol. The molecule has 3 heteroatoms. The van der Waals surface area contributed by atoms with Gasteiger partial charge in [-0.3, -0.25) is 0 Å². The van der Waals surface area contributed by atoms with Crippen molar-refractivity contribution in [3.05, 3.63) is 158 Å². The normalized spacial score (nSPS) is 12.0. The number of hydrogen-bond donors (Lipinski definition) is 0. The molecule has 0 amide bonds. The molecule has 0 saturated heterocycles. The quantitative estimate of drug-likeness (QED) is 0.194. The molecule has 2 nitrogen and oxygen atoms in total. The number of hydrogen-bond acceptors (Lipinski definition) is 1. The fourth-order valence-electron chi connectivity index (χ4n) is 7.38. The molecule has 3 heterocycles. The number of thiophene rings is 1. The van der Waals surface area contributed by atoms with Crippen LogP contribution in [-0.4, -0.2) is 9.13 Å². The van der Waals surface area contributed by atoms with E-state index in [2.05, 4.69) is 167 Å². The summed E-state index contributed by atoms with van der Waals surface area (Å²) in [5.41, 5.74) is 9.81. The van der Waals surface area contributed by atoms with E-state index in [-0.39, 0.29) is 0 Å². The summed E-state index contributed by atoms with van der Waals surface area (Å²) in [5.74, 6) is 0. The fourth-order valence-corrected chi connectivity index (χ4v) is 8.72. The van der Waals surface area contributed by atoms with Crippen LogP contribution in [0.2, 0.25) is 0 Å². The van der Waals surface area contributed by atoms with Gasteiger partial charge in [0.1, 0.15) is 0 Å². The van der Waals surface area contributed by atoms with Crippen molar-refractivity contribution in [2.45, 2.75) is 0 Å². The second-order valence-electron chi connectivity index (χ2n) is 11.7. The Kier molecular flexibility index (Phi) is 5.19. The maximum absolute atomic E-state index is 2.49. The largest absolute Gasteiger partial charge is 0.309 e. The first-order valence-corrected chi connectivity index (χ1v) is 16.2. The molecule has 10 aromatic rings. The Morgan fingerprint density at radius 1 is 0.356 bits per heavy atom. The molecule has 210 valence electrons. The highest BCUT2D eigenvalue weighted by Gasteiger charge is 2.19. The highest BCUT2D eigenvalue weighted by atomic mass is 32.1. The van der Waals surface area contributed by atoms with Gasteiger partial charge in [-0.15, -0.1) is 11.3 Å². The first kappa shape index (κ1) is 24.8. The van der Waals surface area contributed by atoms with Gasteiger partial charge in [0, 0.05) is 42.7 Å². The summed E-state index contributed by atoms with van der Waals surface area (Å²) in [6.07, 6.45) is 0. The monoisotopic (exact) mass is 590 g/mol. The van der Waals surface area contributed by atoms with Gasteiger partial charge in [-0.05, 0) is 47.5 Å². The second-order valence-corrected chi connectivity index (χ2v) is 12.7. The van der Waals surface area contributed by atoms with Crippen LogP contribution < -0.4 is 0 Å². The van der Waals surface area contributed by atoms with Gasteiger partial charge in [0.25, 0.3) is 0 Å². The maximum Gasteiger partial charge on any atom is 0.0640 e. The SMILES string of the molecule is c1ccc(-c2cccc3c2sc2c(-n4c5ccccc5c5ccc(-n6c7ccccc7c7ccccc76)cc54)cccc23)cc1. The number of aromatic nitrogens is 2. The van der Waals surface area contributed by atoms with Crippen LogP contribution in [0.25, 0.3) is 86.3 Å². The van der Waals surface area contributed by atoms with Crippen LogP contribution >= 0.6 is 11.3 Å². The van der Waals surface area contributed by atoms with E-state index in [1.165, 1.54) is 86.3 Å². The summed E-state index contributed by atoms with van der Waals surface area (Å²) in [4.78, 5) is 0. The molecule has 3 aromatic heterocycles. The van der Waals surface area contributed by atoms with Gasteiger partial charge in [-0.25, -0.2) is 0 Å². The molecule has 0 aliphatic heterocycles. The number of fused-ring (bicyclic) bond motifs is 9. The predicted octanol–water partition coefficient (Wildman–Crippen LogP) is 11.9. The standard InChI is InChI=1S/C42H26N2S/c1-2-12-27(13-3-1)29-17-10-18-34-35-19-11-23-39(42(35)45-41(29)34)44-38-22-9-6-16-32(38)33-25-24-28(26-40(33)44)43-36-20-7-4-14-30(36)31-15-5-8-21-37(31)43/h1-26H. The maximum atomic E-state index is 2.49. The number of benzene rings is 7. The molecule has 0 spiro atoms. The molecule has 0 aliphatic carbocycles. The lowest BCUT2D eigenvalue weighted by atomic mass is 10.0. The minimum absolute atomic E-state index is 1.17. The van der Waals surface area contributed by atoms with Gasteiger partial charge in [0.05, 0.1) is 32.5 Å². The Morgan fingerprint density at radius 3 is 1.58 bits per heavy atom. The molecular weight excluding hydrogens is 565 g/mol. The molecule has 0 atom stereocenters. The van der Waals surface area contributed by atoms with E-state index >= 15 is 0 Å². The molecule has 0 unspecified atom stereocenters. The van der Waals surface area contributed by atoms with Gasteiger partial charge < -0.3 is 9.13 Å². The highest BCUT2D eigenvalue weighted by molar-refractivity contribution is 7.26. The van der Waals surface area contributed by atoms with Gasteiger partial charge in [0.2, 0.25) is 0 Å². The van der Waals surface area contributed by atoms with E-state index in [1.807, 2.05) is 11.3 Å². The summed E-state index contributed by atoms with van der Waals surface area (Å²) in [6, 6.07) is 57.6. The zero-order valence-corrected chi connectivity index (χ0v) is 25.1. The third-order valence-corrected chi connectivity index (χ3v) is 10.6. The molecule has 45 heavy (non-hydrogen) atoms. The van der Waals surface area contributed by atoms with E-state index in [9.17, 15) is 0 Å². The molecule has 0 fully saturated rings. The van der Waals surface area contributed by atoms with Crippen LogP contribution in [0.4, 0.5) is 0 Å². The van der Waals surface area contributed by atoms with Crippen LogP contribution in [-0.2, 0) is 0 Å². The van der Waals surface area contributed by atoms with E-state index in [0.717, 1.165) is 0 Å². The zero-order valence-electron chi connectivity index (χ0n) is 24.3. The Balaban J connectivity index is 1.30. The molecule has 0 radical (unpaired) electrons. The van der Waals surface area contributed by atoms with E-state index < -0.39 is 0 Å². The smallest absolute Gasteiger partial charge is 0.0640 e. The van der Waals surface area contributed by atoms with Gasteiger partial charge in [-0.1, -0.05) is 121 Å². The van der Waals surface area contributed by atoms with Crippen LogP contribution in [0.5, 0.6) is 0 Å². The van der Waals surface area contributed by atoms with E-state index in [0.29, 0.717) is 0 Å². The molecule has 0 N–H and O–H groups in total. The Labute approximate surface area is 263 Å². The average molecular weight is 591 g/mol. The van der Waals surface area contributed by atoms with Crippen LogP contribution in [0.15, 0.2) is 158 Å². The van der Waals surface area contributed by atoms with Crippen molar-refractivity contribution < 1.29 is 0 Å². The molecule has 0 bridgehead atoms.